The number of amides is 1. The van der Waals surface area contributed by atoms with Crippen molar-refractivity contribution in [3.05, 3.63) is 52.8 Å². The van der Waals surface area contributed by atoms with Gasteiger partial charge in [0.25, 0.3) is 5.91 Å². The number of Topliss-reactive ketones (excluding diaryl/α,β-unsaturated/α-hetero) is 1. The molecule has 0 fully saturated rings. The quantitative estimate of drug-likeness (QED) is 0.482. The van der Waals surface area contributed by atoms with E-state index in [9.17, 15) is 14.4 Å². The lowest BCUT2D eigenvalue weighted by molar-refractivity contribution is -0.141. The molecule has 1 amide bonds. The van der Waals surface area contributed by atoms with Gasteiger partial charge in [-0.15, -0.1) is 0 Å². The van der Waals surface area contributed by atoms with Gasteiger partial charge in [0, 0.05) is 36.2 Å². The Hall–Kier alpha value is -3.13. The molecule has 8 heteroatoms. The van der Waals surface area contributed by atoms with Gasteiger partial charge in [0.15, 0.2) is 6.61 Å². The third-order valence-electron chi connectivity index (χ3n) is 4.50. The molecule has 0 aliphatic carbocycles. The Morgan fingerprint density at radius 3 is 2.38 bits per heavy atom. The molecule has 0 spiro atoms. The molecule has 0 saturated carbocycles. The standard InChI is InChI=1S/C21H26N2O6/c1-14-11-18(15(2)23(14)9-10-27-3)19(24)13-29-20(25)12-22-21(26)16-5-7-17(28-4)8-6-16/h5-8,11H,9-10,12-13H2,1-4H3,(H,22,26). The minimum atomic E-state index is -0.687. The summed E-state index contributed by atoms with van der Waals surface area (Å²) in [6.07, 6.45) is 0. The van der Waals surface area contributed by atoms with Crippen molar-refractivity contribution >= 4 is 17.7 Å². The lowest BCUT2D eigenvalue weighted by atomic mass is 10.1. The lowest BCUT2D eigenvalue weighted by Gasteiger charge is -2.09. The molecule has 8 nitrogen and oxygen atoms in total. The van der Waals surface area contributed by atoms with Gasteiger partial charge in [-0.2, -0.15) is 0 Å². The largest absolute Gasteiger partial charge is 0.497 e. The monoisotopic (exact) mass is 402 g/mol. The minimum Gasteiger partial charge on any atom is -0.497 e. The first kappa shape index (κ1) is 22.2. The average Bonchev–Trinajstić information content (AvgIpc) is 3.02. The second kappa shape index (κ2) is 10.4. The van der Waals surface area contributed by atoms with Gasteiger partial charge in [-0.3, -0.25) is 14.4 Å². The summed E-state index contributed by atoms with van der Waals surface area (Å²) in [6, 6.07) is 8.24. The molecule has 156 valence electrons. The number of esters is 1. The molecule has 0 aliphatic rings. The highest BCUT2D eigenvalue weighted by Crippen LogP contribution is 2.16. The fourth-order valence-corrected chi connectivity index (χ4v) is 2.88. The van der Waals surface area contributed by atoms with Gasteiger partial charge in [0.1, 0.15) is 12.3 Å². The molecule has 29 heavy (non-hydrogen) atoms. The summed E-state index contributed by atoms with van der Waals surface area (Å²) >= 11 is 0. The molecule has 0 atom stereocenters. The lowest BCUT2D eigenvalue weighted by Crippen LogP contribution is -2.31. The van der Waals surface area contributed by atoms with Crippen LogP contribution in [0.2, 0.25) is 0 Å². The molecule has 0 radical (unpaired) electrons. The van der Waals surface area contributed by atoms with Crippen LogP contribution >= 0.6 is 0 Å². The van der Waals surface area contributed by atoms with Crippen molar-refractivity contribution in [1.29, 1.82) is 0 Å². The summed E-state index contributed by atoms with van der Waals surface area (Å²) in [6.45, 7) is 4.20. The topological polar surface area (TPSA) is 95.9 Å². The molecule has 0 bridgehead atoms. The van der Waals surface area contributed by atoms with Crippen LogP contribution in [0.25, 0.3) is 0 Å². The maximum atomic E-state index is 12.4. The maximum Gasteiger partial charge on any atom is 0.325 e. The summed E-state index contributed by atoms with van der Waals surface area (Å²) < 4.78 is 17.1. The van der Waals surface area contributed by atoms with Crippen LogP contribution in [0.15, 0.2) is 30.3 Å². The number of aromatic nitrogens is 1. The van der Waals surface area contributed by atoms with Gasteiger partial charge >= 0.3 is 5.97 Å². The highest BCUT2D eigenvalue weighted by Gasteiger charge is 2.17. The molecule has 0 unspecified atom stereocenters. The van der Waals surface area contributed by atoms with Gasteiger partial charge in [0.05, 0.1) is 13.7 Å². The number of ether oxygens (including phenoxy) is 3. The van der Waals surface area contributed by atoms with Crippen LogP contribution in [-0.2, 0) is 20.8 Å². The number of hydrogen-bond donors (Lipinski definition) is 1. The summed E-state index contributed by atoms with van der Waals surface area (Å²) in [5, 5.41) is 2.46. The van der Waals surface area contributed by atoms with Crippen LogP contribution in [0.1, 0.15) is 32.1 Å². The van der Waals surface area contributed by atoms with Gasteiger partial charge in [-0.25, -0.2) is 0 Å². The van der Waals surface area contributed by atoms with E-state index in [0.717, 1.165) is 11.4 Å². The number of nitrogens with one attached hydrogen (secondary N) is 1. The predicted octanol–water partition coefficient (Wildman–Crippen LogP) is 1.92. The minimum absolute atomic E-state index is 0.295. The normalized spacial score (nSPS) is 10.5. The number of benzene rings is 1. The van der Waals surface area contributed by atoms with Crippen molar-refractivity contribution in [3.63, 3.8) is 0 Å². The van der Waals surface area contributed by atoms with Crippen molar-refractivity contribution in [3.8, 4) is 5.75 Å². The van der Waals surface area contributed by atoms with Gasteiger partial charge in [-0.05, 0) is 44.2 Å². The Balaban J connectivity index is 1.84. The Morgan fingerprint density at radius 1 is 1.07 bits per heavy atom. The second-order valence-electron chi connectivity index (χ2n) is 6.42. The molecule has 1 N–H and O–H groups in total. The van der Waals surface area contributed by atoms with Crippen LogP contribution in [0.3, 0.4) is 0 Å². The smallest absolute Gasteiger partial charge is 0.325 e. The molecule has 2 aromatic rings. The predicted molar refractivity (Wildman–Crippen MR) is 106 cm³/mol. The molecule has 0 aliphatic heterocycles. The Kier molecular flexibility index (Phi) is 7.97. The van der Waals surface area contributed by atoms with Crippen LogP contribution in [0.4, 0.5) is 0 Å². The van der Waals surface area contributed by atoms with Gasteiger partial charge in [-0.1, -0.05) is 0 Å². The Bertz CT molecular complexity index is 870. The molecule has 1 heterocycles. The zero-order chi connectivity index (χ0) is 21.4. The molecule has 0 saturated heterocycles. The van der Waals surface area contributed by atoms with Crippen LogP contribution in [-0.4, -0.2) is 56.2 Å². The van der Waals surface area contributed by atoms with Crippen molar-refractivity contribution < 1.29 is 28.6 Å². The van der Waals surface area contributed by atoms with E-state index in [1.54, 1.807) is 37.4 Å². The number of hydrogen-bond acceptors (Lipinski definition) is 6. The summed E-state index contributed by atoms with van der Waals surface area (Å²) in [4.78, 5) is 36.3. The zero-order valence-corrected chi connectivity index (χ0v) is 17.1. The zero-order valence-electron chi connectivity index (χ0n) is 17.1. The number of aryl methyl sites for hydroxylation is 1. The third-order valence-corrected chi connectivity index (χ3v) is 4.50. The highest BCUT2D eigenvalue weighted by atomic mass is 16.5. The van der Waals surface area contributed by atoms with Crippen molar-refractivity contribution in [2.75, 3.05) is 34.0 Å². The molecule has 1 aromatic heterocycles. The fraction of sp³-hybridized carbons (Fsp3) is 0.381. The van der Waals surface area contributed by atoms with Crippen molar-refractivity contribution in [2.24, 2.45) is 0 Å². The number of methoxy groups -OCH3 is 2. The van der Waals surface area contributed by atoms with Crippen molar-refractivity contribution in [1.82, 2.24) is 9.88 Å². The molecule has 2 rings (SSSR count). The van der Waals surface area contributed by atoms with Crippen LogP contribution in [0, 0.1) is 13.8 Å². The van der Waals surface area contributed by atoms with Crippen LogP contribution in [0.5, 0.6) is 5.75 Å². The van der Waals surface area contributed by atoms with E-state index in [0.29, 0.717) is 30.0 Å². The number of nitrogens with zero attached hydrogens (tertiary/aromatic N) is 1. The summed E-state index contributed by atoms with van der Waals surface area (Å²) in [7, 11) is 3.15. The van der Waals surface area contributed by atoms with E-state index >= 15 is 0 Å². The SMILES string of the molecule is COCCn1c(C)cc(C(=O)COC(=O)CNC(=O)c2ccc(OC)cc2)c1C. The molecular formula is C21H26N2O6. The second-order valence-corrected chi connectivity index (χ2v) is 6.42. The first-order chi connectivity index (χ1) is 13.9. The van der Waals surface area contributed by atoms with Crippen molar-refractivity contribution in [2.45, 2.75) is 20.4 Å². The molecule has 1 aromatic carbocycles. The first-order valence-corrected chi connectivity index (χ1v) is 9.14. The highest BCUT2D eigenvalue weighted by molar-refractivity contribution is 6.00. The van der Waals surface area contributed by atoms with Gasteiger partial charge < -0.3 is 24.1 Å². The number of ketones is 1. The van der Waals surface area contributed by atoms with E-state index in [4.69, 9.17) is 14.2 Å². The number of carbonyl (C=O) groups is 3. The third kappa shape index (κ3) is 5.92. The number of carbonyl (C=O) groups excluding carboxylic acids is 3. The number of rotatable bonds is 10. The molecular weight excluding hydrogens is 376 g/mol. The average molecular weight is 402 g/mol. The van der Waals surface area contributed by atoms with E-state index < -0.39 is 11.9 Å². The van der Waals surface area contributed by atoms with Gasteiger partial charge in [0.2, 0.25) is 5.78 Å². The fourth-order valence-electron chi connectivity index (χ4n) is 2.88. The Labute approximate surface area is 169 Å². The van der Waals surface area contributed by atoms with E-state index in [-0.39, 0.29) is 18.9 Å². The summed E-state index contributed by atoms with van der Waals surface area (Å²) in [5.41, 5.74) is 2.63. The Morgan fingerprint density at radius 2 is 1.76 bits per heavy atom. The van der Waals surface area contributed by atoms with E-state index in [1.165, 1.54) is 7.11 Å². The maximum absolute atomic E-state index is 12.4. The van der Waals surface area contributed by atoms with Crippen LogP contribution < -0.4 is 10.1 Å². The first-order valence-electron chi connectivity index (χ1n) is 9.14. The van der Waals surface area contributed by atoms with E-state index in [2.05, 4.69) is 5.32 Å². The summed E-state index contributed by atoms with van der Waals surface area (Å²) in [5.74, 6) is -0.774. The van der Waals surface area contributed by atoms with E-state index in [1.807, 2.05) is 18.4 Å².